The highest BCUT2D eigenvalue weighted by atomic mass is 35.5. The van der Waals surface area contributed by atoms with Crippen LogP contribution in [-0.4, -0.2) is 13.1 Å². The Bertz CT molecular complexity index is 382. The summed E-state index contributed by atoms with van der Waals surface area (Å²) in [6, 6.07) is 7.63. The van der Waals surface area contributed by atoms with Gasteiger partial charge in [0.25, 0.3) is 0 Å². The van der Waals surface area contributed by atoms with Crippen LogP contribution in [0.5, 0.6) is 0 Å². The van der Waals surface area contributed by atoms with E-state index in [4.69, 9.17) is 16.9 Å². The van der Waals surface area contributed by atoms with Crippen molar-refractivity contribution in [1.29, 1.82) is 5.26 Å². The summed E-state index contributed by atoms with van der Waals surface area (Å²) in [5.41, 5.74) is 1.65. The highest BCUT2D eigenvalue weighted by Crippen LogP contribution is 2.24. The molecule has 0 radical (unpaired) electrons. The van der Waals surface area contributed by atoms with Gasteiger partial charge in [-0.1, -0.05) is 24.9 Å². The van der Waals surface area contributed by atoms with E-state index in [9.17, 15) is 0 Å². The van der Waals surface area contributed by atoms with Crippen molar-refractivity contribution in [2.75, 3.05) is 18.0 Å². The molecule has 2 nitrogen and oxygen atoms in total. The van der Waals surface area contributed by atoms with Crippen molar-refractivity contribution in [3.63, 3.8) is 0 Å². The van der Waals surface area contributed by atoms with E-state index in [0.29, 0.717) is 10.6 Å². The van der Waals surface area contributed by atoms with Crippen LogP contribution >= 0.6 is 11.6 Å². The molecule has 16 heavy (non-hydrogen) atoms. The number of nitriles is 1. The molecule has 0 amide bonds. The first kappa shape index (κ1) is 12.9. The van der Waals surface area contributed by atoms with Crippen molar-refractivity contribution >= 4 is 17.3 Å². The van der Waals surface area contributed by atoms with Gasteiger partial charge >= 0.3 is 0 Å². The van der Waals surface area contributed by atoms with Gasteiger partial charge in [-0.3, -0.25) is 0 Å². The van der Waals surface area contributed by atoms with Gasteiger partial charge in [0.1, 0.15) is 6.07 Å². The van der Waals surface area contributed by atoms with Gasteiger partial charge in [-0.15, -0.1) is 0 Å². The number of hydrogen-bond donors (Lipinski definition) is 0. The van der Waals surface area contributed by atoms with Gasteiger partial charge in [-0.2, -0.15) is 5.26 Å². The largest absolute Gasteiger partial charge is 0.371 e. The van der Waals surface area contributed by atoms with E-state index in [2.05, 4.69) is 24.8 Å². The molecule has 0 saturated heterocycles. The molecule has 0 aromatic heterocycles. The fourth-order valence-corrected chi connectivity index (χ4v) is 1.83. The van der Waals surface area contributed by atoms with Crippen molar-refractivity contribution < 1.29 is 0 Å². The van der Waals surface area contributed by atoms with E-state index < -0.39 is 0 Å². The molecule has 0 fully saturated rings. The second-order valence-electron chi connectivity index (χ2n) is 3.71. The van der Waals surface area contributed by atoms with Crippen LogP contribution in [0, 0.1) is 11.3 Å². The van der Waals surface area contributed by atoms with Gasteiger partial charge in [0, 0.05) is 18.1 Å². The Hall–Kier alpha value is -1.20. The number of nitrogens with zero attached hydrogens (tertiary/aromatic N) is 2. The lowest BCUT2D eigenvalue weighted by atomic mass is 10.1. The first-order valence-electron chi connectivity index (χ1n) is 5.67. The minimum atomic E-state index is 0.684. The van der Waals surface area contributed by atoms with Crippen LogP contribution < -0.4 is 4.90 Å². The van der Waals surface area contributed by atoms with Crippen LogP contribution in [-0.2, 0) is 0 Å². The molecule has 0 saturated carbocycles. The second-order valence-corrected chi connectivity index (χ2v) is 4.14. The van der Waals surface area contributed by atoms with Gasteiger partial charge in [0.05, 0.1) is 11.3 Å². The molecular weight excluding hydrogens is 220 g/mol. The molecule has 0 aliphatic rings. The van der Waals surface area contributed by atoms with Crippen molar-refractivity contribution in [1.82, 2.24) is 0 Å². The van der Waals surface area contributed by atoms with E-state index in [-0.39, 0.29) is 0 Å². The summed E-state index contributed by atoms with van der Waals surface area (Å²) in [5.74, 6) is 0. The first-order chi connectivity index (χ1) is 7.72. The smallest absolute Gasteiger partial charge is 0.101 e. The molecule has 0 atom stereocenters. The maximum absolute atomic E-state index is 9.06. The summed E-state index contributed by atoms with van der Waals surface area (Å²) < 4.78 is 0. The average molecular weight is 237 g/mol. The Morgan fingerprint density at radius 2 is 2.12 bits per heavy atom. The highest BCUT2D eigenvalue weighted by molar-refractivity contribution is 6.30. The van der Waals surface area contributed by atoms with E-state index >= 15 is 0 Å². The normalized spacial score (nSPS) is 9.88. The van der Waals surface area contributed by atoms with E-state index in [1.54, 1.807) is 12.1 Å². The van der Waals surface area contributed by atoms with Crippen molar-refractivity contribution in [3.05, 3.63) is 28.8 Å². The quantitative estimate of drug-likeness (QED) is 0.777. The number of rotatable bonds is 5. The zero-order chi connectivity index (χ0) is 12.0. The van der Waals surface area contributed by atoms with Crippen LogP contribution in [0.15, 0.2) is 18.2 Å². The number of hydrogen-bond acceptors (Lipinski definition) is 2. The standard InChI is InChI=1S/C13H17ClN2/c1-3-5-8-16(4-2)13-9-12(14)7-6-11(13)10-15/h6-7,9H,3-5,8H2,1-2H3. The van der Waals surface area contributed by atoms with Gasteiger partial charge in [-0.05, 0) is 31.5 Å². The maximum Gasteiger partial charge on any atom is 0.101 e. The molecule has 0 heterocycles. The molecule has 0 bridgehead atoms. The zero-order valence-electron chi connectivity index (χ0n) is 9.83. The maximum atomic E-state index is 9.06. The van der Waals surface area contributed by atoms with Crippen molar-refractivity contribution in [2.24, 2.45) is 0 Å². The summed E-state index contributed by atoms with van der Waals surface area (Å²) in [5, 5.41) is 9.74. The third-order valence-corrected chi connectivity index (χ3v) is 2.82. The summed E-state index contributed by atoms with van der Waals surface area (Å²) in [7, 11) is 0. The monoisotopic (exact) mass is 236 g/mol. The number of anilines is 1. The Morgan fingerprint density at radius 3 is 2.69 bits per heavy atom. The SMILES string of the molecule is CCCCN(CC)c1cc(Cl)ccc1C#N. The fraction of sp³-hybridized carbons (Fsp3) is 0.462. The first-order valence-corrected chi connectivity index (χ1v) is 6.05. The number of halogens is 1. The predicted octanol–water partition coefficient (Wildman–Crippen LogP) is 3.84. The van der Waals surface area contributed by atoms with Gasteiger partial charge in [0.15, 0.2) is 0 Å². The van der Waals surface area contributed by atoms with Crippen molar-refractivity contribution in [2.45, 2.75) is 26.7 Å². The minimum Gasteiger partial charge on any atom is -0.371 e. The molecule has 0 aliphatic carbocycles. The lowest BCUT2D eigenvalue weighted by molar-refractivity contribution is 0.731. The predicted molar refractivity (Wildman–Crippen MR) is 69.0 cm³/mol. The lowest BCUT2D eigenvalue weighted by Gasteiger charge is -2.24. The van der Waals surface area contributed by atoms with Crippen LogP contribution in [0.1, 0.15) is 32.3 Å². The minimum absolute atomic E-state index is 0.684. The van der Waals surface area contributed by atoms with E-state index in [1.807, 2.05) is 6.07 Å². The summed E-state index contributed by atoms with van der Waals surface area (Å²) >= 11 is 5.97. The zero-order valence-corrected chi connectivity index (χ0v) is 10.6. The fourth-order valence-electron chi connectivity index (χ4n) is 1.66. The van der Waals surface area contributed by atoms with E-state index in [0.717, 1.165) is 31.6 Å². The second kappa shape index (κ2) is 6.40. The Morgan fingerprint density at radius 1 is 1.38 bits per heavy atom. The van der Waals surface area contributed by atoms with Gasteiger partial charge < -0.3 is 4.90 Å². The third-order valence-electron chi connectivity index (χ3n) is 2.58. The molecule has 0 aliphatic heterocycles. The lowest BCUT2D eigenvalue weighted by Crippen LogP contribution is -2.24. The van der Waals surface area contributed by atoms with Crippen molar-refractivity contribution in [3.8, 4) is 6.07 Å². The number of benzene rings is 1. The summed E-state index contributed by atoms with van der Waals surface area (Å²) in [4.78, 5) is 2.20. The molecule has 1 aromatic rings. The third kappa shape index (κ3) is 3.15. The van der Waals surface area contributed by atoms with Gasteiger partial charge in [0.2, 0.25) is 0 Å². The topological polar surface area (TPSA) is 27.0 Å². The summed E-state index contributed by atoms with van der Waals surface area (Å²) in [6.45, 7) is 6.13. The Labute approximate surface area is 102 Å². The molecule has 0 N–H and O–H groups in total. The molecular formula is C13H17ClN2. The molecule has 0 spiro atoms. The molecule has 86 valence electrons. The van der Waals surface area contributed by atoms with Gasteiger partial charge in [-0.25, -0.2) is 0 Å². The molecule has 3 heteroatoms. The number of unbranched alkanes of at least 4 members (excludes halogenated alkanes) is 1. The van der Waals surface area contributed by atoms with Crippen LogP contribution in [0.4, 0.5) is 5.69 Å². The van der Waals surface area contributed by atoms with Crippen LogP contribution in [0.25, 0.3) is 0 Å². The van der Waals surface area contributed by atoms with E-state index in [1.165, 1.54) is 0 Å². The Balaban J connectivity index is 2.98. The van der Waals surface area contributed by atoms with Crippen LogP contribution in [0.3, 0.4) is 0 Å². The Kier molecular flexibility index (Phi) is 5.14. The summed E-state index contributed by atoms with van der Waals surface area (Å²) in [6.07, 6.45) is 2.28. The molecule has 1 aromatic carbocycles. The highest BCUT2D eigenvalue weighted by Gasteiger charge is 2.09. The molecule has 1 rings (SSSR count). The molecule has 0 unspecified atom stereocenters. The van der Waals surface area contributed by atoms with Crippen LogP contribution in [0.2, 0.25) is 5.02 Å². The average Bonchev–Trinajstić information content (AvgIpc) is 2.30.